The van der Waals surface area contributed by atoms with Crippen LogP contribution < -0.4 is 0 Å². The van der Waals surface area contributed by atoms with Crippen molar-refractivity contribution in [3.05, 3.63) is 11.6 Å². The fourth-order valence-corrected chi connectivity index (χ4v) is 8.32. The topological polar surface area (TPSA) is 0 Å². The predicted molar refractivity (Wildman–Crippen MR) is 71.7 cm³/mol. The van der Waals surface area contributed by atoms with Crippen LogP contribution in [-0.2, 0) is 0 Å². The van der Waals surface area contributed by atoms with E-state index in [0.717, 1.165) is 53.3 Å². The van der Waals surface area contributed by atoms with Crippen molar-refractivity contribution in [1.82, 2.24) is 0 Å². The lowest BCUT2D eigenvalue weighted by Crippen LogP contribution is -2.40. The molecule has 0 saturated heterocycles. The van der Waals surface area contributed by atoms with Gasteiger partial charge in [-0.1, -0.05) is 18.6 Å². The molecule has 0 N–H and O–H groups in total. The third kappa shape index (κ3) is 0.842. The van der Waals surface area contributed by atoms with Crippen LogP contribution in [0.25, 0.3) is 0 Å². The fourth-order valence-electron chi connectivity index (χ4n) is 8.32. The van der Waals surface area contributed by atoms with Crippen molar-refractivity contribution in [3.8, 4) is 0 Å². The molecule has 18 heavy (non-hydrogen) atoms. The van der Waals surface area contributed by atoms with Crippen molar-refractivity contribution in [3.63, 3.8) is 0 Å². The molecule has 0 heterocycles. The summed E-state index contributed by atoms with van der Waals surface area (Å²) in [7, 11) is 0. The predicted octanol–water partition coefficient (Wildman–Crippen LogP) is 4.13. The summed E-state index contributed by atoms with van der Waals surface area (Å²) < 4.78 is 0. The Kier molecular flexibility index (Phi) is 1.48. The van der Waals surface area contributed by atoms with E-state index in [2.05, 4.69) is 13.0 Å². The Bertz CT molecular complexity index is 461. The molecule has 0 radical (unpaired) electrons. The largest absolute Gasteiger partial charge is 0.0813 e. The molecule has 6 aliphatic rings. The molecule has 5 saturated carbocycles. The quantitative estimate of drug-likeness (QED) is 0.559. The Labute approximate surface area is 110 Å². The lowest BCUT2D eigenvalue weighted by molar-refractivity contribution is 0.114. The summed E-state index contributed by atoms with van der Waals surface area (Å²) in [6.45, 7) is 2.58. The normalized spacial score (nSPS) is 69.7. The molecule has 6 aliphatic carbocycles. The van der Waals surface area contributed by atoms with Gasteiger partial charge in [0.15, 0.2) is 0 Å². The van der Waals surface area contributed by atoms with Crippen LogP contribution in [-0.4, -0.2) is 0 Å². The minimum Gasteiger partial charge on any atom is -0.0813 e. The Morgan fingerprint density at radius 3 is 2.83 bits per heavy atom. The van der Waals surface area contributed by atoms with Crippen LogP contribution in [0.5, 0.6) is 0 Å². The van der Waals surface area contributed by atoms with E-state index in [0.29, 0.717) is 0 Å². The standard InChI is InChI=1S/C18H24/c1-8-2-9-3-10-7-15-17-11-5-13(16(10)17)14(6-11)18(15)12(8)4-9/h6,8-13,15-18H,2-5,7H2,1H3. The molecule has 5 fully saturated rings. The molecule has 0 aliphatic heterocycles. The second kappa shape index (κ2) is 2.76. The van der Waals surface area contributed by atoms with Crippen LogP contribution in [0.1, 0.15) is 39.0 Å². The number of hydrogen-bond donors (Lipinski definition) is 0. The van der Waals surface area contributed by atoms with Crippen LogP contribution in [0.2, 0.25) is 0 Å². The van der Waals surface area contributed by atoms with Crippen LogP contribution in [0.15, 0.2) is 11.6 Å². The minimum atomic E-state index is 1.04. The second-order valence-corrected chi connectivity index (χ2v) is 8.73. The average molecular weight is 240 g/mol. The zero-order chi connectivity index (χ0) is 11.6. The van der Waals surface area contributed by atoms with Gasteiger partial charge in [0.25, 0.3) is 0 Å². The summed E-state index contributed by atoms with van der Waals surface area (Å²) in [5.74, 6) is 11.1. The van der Waals surface area contributed by atoms with E-state index in [9.17, 15) is 0 Å². The van der Waals surface area contributed by atoms with Gasteiger partial charge < -0.3 is 0 Å². The van der Waals surface area contributed by atoms with Gasteiger partial charge in [0, 0.05) is 0 Å². The summed E-state index contributed by atoms with van der Waals surface area (Å²) in [4.78, 5) is 0. The van der Waals surface area contributed by atoms with Gasteiger partial charge in [0.05, 0.1) is 0 Å². The zero-order valence-electron chi connectivity index (χ0n) is 11.4. The van der Waals surface area contributed by atoms with Gasteiger partial charge in [-0.2, -0.15) is 0 Å². The van der Waals surface area contributed by atoms with Crippen molar-refractivity contribution in [2.45, 2.75) is 39.0 Å². The molecule has 0 amide bonds. The van der Waals surface area contributed by atoms with Crippen LogP contribution in [0.3, 0.4) is 0 Å². The number of rotatable bonds is 0. The second-order valence-electron chi connectivity index (χ2n) is 8.73. The number of hydrogen-bond acceptors (Lipinski definition) is 0. The molecule has 0 aromatic carbocycles. The van der Waals surface area contributed by atoms with Crippen molar-refractivity contribution < 1.29 is 0 Å². The Balaban J connectivity index is 1.59. The third-order valence-electron chi connectivity index (χ3n) is 8.36. The van der Waals surface area contributed by atoms with E-state index in [-0.39, 0.29) is 0 Å². The molecule has 10 atom stereocenters. The summed E-state index contributed by atoms with van der Waals surface area (Å²) in [6.07, 6.45) is 10.8. The van der Waals surface area contributed by atoms with E-state index in [1.165, 1.54) is 5.92 Å². The summed E-state index contributed by atoms with van der Waals surface area (Å²) in [5.41, 5.74) is 2.01. The first kappa shape index (κ1) is 9.61. The fraction of sp³-hybridized carbons (Fsp3) is 0.889. The van der Waals surface area contributed by atoms with Gasteiger partial charge >= 0.3 is 0 Å². The van der Waals surface area contributed by atoms with Crippen LogP contribution >= 0.6 is 0 Å². The van der Waals surface area contributed by atoms with Crippen LogP contribution in [0.4, 0.5) is 0 Å². The molecule has 10 unspecified atom stereocenters. The van der Waals surface area contributed by atoms with E-state index < -0.39 is 0 Å². The van der Waals surface area contributed by atoms with E-state index in [4.69, 9.17) is 0 Å². The molecule has 0 nitrogen and oxygen atoms in total. The van der Waals surface area contributed by atoms with Crippen molar-refractivity contribution in [1.29, 1.82) is 0 Å². The average Bonchev–Trinajstić information content (AvgIpc) is 3.00. The first-order valence-electron chi connectivity index (χ1n) is 8.53. The Morgan fingerprint density at radius 2 is 1.89 bits per heavy atom. The van der Waals surface area contributed by atoms with Gasteiger partial charge in [0.2, 0.25) is 0 Å². The highest BCUT2D eigenvalue weighted by Gasteiger charge is 2.67. The summed E-state index contributed by atoms with van der Waals surface area (Å²) in [5, 5.41) is 0. The number of allylic oxidation sites excluding steroid dienone is 2. The van der Waals surface area contributed by atoms with E-state index in [1.54, 1.807) is 32.1 Å². The molecular formula is C18H24. The maximum atomic E-state index is 2.79. The molecular weight excluding hydrogens is 216 g/mol. The highest BCUT2D eigenvalue weighted by molar-refractivity contribution is 5.36. The third-order valence-corrected chi connectivity index (χ3v) is 8.36. The zero-order valence-corrected chi connectivity index (χ0v) is 11.4. The lowest BCUT2D eigenvalue weighted by Gasteiger charge is -2.46. The molecule has 0 aromatic heterocycles. The highest BCUT2D eigenvalue weighted by Crippen LogP contribution is 2.74. The summed E-state index contributed by atoms with van der Waals surface area (Å²) in [6, 6.07) is 0. The molecule has 96 valence electrons. The summed E-state index contributed by atoms with van der Waals surface area (Å²) >= 11 is 0. The lowest BCUT2D eigenvalue weighted by atomic mass is 9.59. The highest BCUT2D eigenvalue weighted by atomic mass is 14.7. The number of fused-ring (bicyclic) bond motifs is 6. The van der Waals surface area contributed by atoms with Crippen molar-refractivity contribution in [2.24, 2.45) is 59.2 Å². The van der Waals surface area contributed by atoms with Gasteiger partial charge in [-0.05, 0) is 91.3 Å². The van der Waals surface area contributed by atoms with E-state index in [1.807, 2.05) is 5.57 Å². The Hall–Kier alpha value is -0.260. The smallest absolute Gasteiger partial charge is 0.0138 e. The molecule has 0 spiro atoms. The van der Waals surface area contributed by atoms with Crippen molar-refractivity contribution >= 4 is 0 Å². The van der Waals surface area contributed by atoms with Gasteiger partial charge in [-0.15, -0.1) is 0 Å². The van der Waals surface area contributed by atoms with Crippen LogP contribution in [0, 0.1) is 59.2 Å². The molecule has 6 rings (SSSR count). The van der Waals surface area contributed by atoms with Gasteiger partial charge in [0.1, 0.15) is 0 Å². The minimum absolute atomic E-state index is 1.04. The molecule has 0 aromatic rings. The molecule has 8 bridgehead atoms. The Morgan fingerprint density at radius 1 is 0.944 bits per heavy atom. The monoisotopic (exact) mass is 240 g/mol. The van der Waals surface area contributed by atoms with Gasteiger partial charge in [-0.3, -0.25) is 0 Å². The maximum absolute atomic E-state index is 2.79. The SMILES string of the molecule is CC1CC2CC3CC4C(C5=CC6CC5C3C64)C1C2. The van der Waals surface area contributed by atoms with Gasteiger partial charge in [-0.25, -0.2) is 0 Å². The maximum Gasteiger partial charge on any atom is -0.0138 e. The van der Waals surface area contributed by atoms with E-state index >= 15 is 0 Å². The molecule has 0 heteroatoms. The van der Waals surface area contributed by atoms with Crippen molar-refractivity contribution in [2.75, 3.05) is 0 Å². The first-order valence-corrected chi connectivity index (χ1v) is 8.53. The first-order chi connectivity index (χ1) is 8.81.